The second-order valence-corrected chi connectivity index (χ2v) is 10.5. The van der Waals surface area contributed by atoms with Crippen LogP contribution in [-0.2, 0) is 16.2 Å². The third kappa shape index (κ3) is 6.37. The summed E-state index contributed by atoms with van der Waals surface area (Å²) in [5.74, 6) is 0.302. The van der Waals surface area contributed by atoms with Gasteiger partial charge >= 0.3 is 0 Å². The highest BCUT2D eigenvalue weighted by Gasteiger charge is 2.46. The van der Waals surface area contributed by atoms with E-state index in [1.165, 1.54) is 4.90 Å². The number of likely N-dealkylation sites (tertiary alicyclic amines) is 1. The van der Waals surface area contributed by atoms with E-state index >= 15 is 0 Å². The molecule has 1 aliphatic rings. The first-order chi connectivity index (χ1) is 20.3. The monoisotopic (exact) mass is 562 g/mol. The zero-order valence-electron chi connectivity index (χ0n) is 24.0. The minimum atomic E-state index is -0.780. The van der Waals surface area contributed by atoms with Gasteiger partial charge in [-0.1, -0.05) is 60.7 Å². The van der Waals surface area contributed by atoms with Gasteiger partial charge in [0.1, 0.15) is 29.6 Å². The Morgan fingerprint density at radius 1 is 0.833 bits per heavy atom. The summed E-state index contributed by atoms with van der Waals surface area (Å²) in [5, 5.41) is 11.6. The predicted molar refractivity (Wildman–Crippen MR) is 162 cm³/mol. The van der Waals surface area contributed by atoms with Crippen molar-refractivity contribution >= 4 is 17.4 Å². The average molecular weight is 563 g/mol. The third-order valence-corrected chi connectivity index (χ3v) is 7.18. The topological polar surface area (TPSA) is 79.3 Å². The van der Waals surface area contributed by atoms with Gasteiger partial charge in [-0.25, -0.2) is 0 Å². The highest BCUT2D eigenvalue weighted by Crippen LogP contribution is 2.41. The molecule has 1 aliphatic heterocycles. The largest absolute Gasteiger partial charge is 0.507 e. The first-order valence-corrected chi connectivity index (χ1v) is 13.9. The van der Waals surface area contributed by atoms with Gasteiger partial charge in [-0.15, -0.1) is 0 Å². The lowest BCUT2D eigenvalue weighted by Gasteiger charge is -2.27. The molecule has 5 rings (SSSR count). The van der Waals surface area contributed by atoms with Crippen molar-refractivity contribution in [1.82, 2.24) is 9.80 Å². The van der Waals surface area contributed by atoms with Gasteiger partial charge in [0, 0.05) is 18.7 Å². The Kier molecular flexibility index (Phi) is 8.69. The maximum absolute atomic E-state index is 13.5. The number of carbonyl (C=O) groups excluding carboxylic acids is 2. The summed E-state index contributed by atoms with van der Waals surface area (Å²) < 4.78 is 12.0. The van der Waals surface area contributed by atoms with Crippen LogP contribution in [0.3, 0.4) is 0 Å². The SMILES string of the molecule is Cc1cc(OCc2ccccc2)ccc1C(O)=C1C(=O)C(=O)N(CCN(C)C)C1c1cccc(Oc2ccccc2)c1. The first kappa shape index (κ1) is 28.6. The average Bonchev–Trinajstić information content (AvgIpc) is 3.25. The van der Waals surface area contributed by atoms with Crippen molar-refractivity contribution in [2.75, 3.05) is 27.2 Å². The summed E-state index contributed by atoms with van der Waals surface area (Å²) in [6.45, 7) is 3.12. The number of Topliss-reactive ketones (excluding diaryl/α,β-unsaturated/α-hetero) is 1. The zero-order chi connectivity index (χ0) is 29.6. The quantitative estimate of drug-likeness (QED) is 0.138. The number of hydrogen-bond donors (Lipinski definition) is 1. The van der Waals surface area contributed by atoms with Gasteiger partial charge in [-0.3, -0.25) is 9.59 Å². The summed E-state index contributed by atoms with van der Waals surface area (Å²) >= 11 is 0. The molecule has 0 aromatic heterocycles. The number of carbonyl (C=O) groups is 2. The normalized spacial score (nSPS) is 16.2. The molecule has 7 heteroatoms. The fraction of sp³-hybridized carbons (Fsp3) is 0.200. The number of rotatable bonds is 10. The van der Waals surface area contributed by atoms with Crippen molar-refractivity contribution in [3.63, 3.8) is 0 Å². The van der Waals surface area contributed by atoms with E-state index < -0.39 is 17.7 Å². The Morgan fingerprint density at radius 3 is 2.21 bits per heavy atom. The molecule has 1 saturated heterocycles. The van der Waals surface area contributed by atoms with Gasteiger partial charge < -0.3 is 24.4 Å². The van der Waals surface area contributed by atoms with Crippen LogP contribution < -0.4 is 9.47 Å². The van der Waals surface area contributed by atoms with E-state index in [1.54, 1.807) is 12.1 Å². The van der Waals surface area contributed by atoms with Crippen LogP contribution in [-0.4, -0.2) is 53.8 Å². The molecule has 0 spiro atoms. The molecule has 1 N–H and O–H groups in total. The molecular weight excluding hydrogens is 528 g/mol. The van der Waals surface area contributed by atoms with Gasteiger partial charge in [0.05, 0.1) is 11.6 Å². The maximum Gasteiger partial charge on any atom is 0.295 e. The molecule has 0 aliphatic carbocycles. The van der Waals surface area contributed by atoms with E-state index in [4.69, 9.17) is 9.47 Å². The zero-order valence-corrected chi connectivity index (χ0v) is 24.0. The van der Waals surface area contributed by atoms with E-state index in [9.17, 15) is 14.7 Å². The van der Waals surface area contributed by atoms with Crippen molar-refractivity contribution in [3.8, 4) is 17.2 Å². The van der Waals surface area contributed by atoms with Crippen LogP contribution in [0.5, 0.6) is 17.2 Å². The fourth-order valence-corrected chi connectivity index (χ4v) is 5.02. The predicted octanol–water partition coefficient (Wildman–Crippen LogP) is 6.35. The Morgan fingerprint density at radius 2 is 1.52 bits per heavy atom. The molecule has 1 fully saturated rings. The van der Waals surface area contributed by atoms with E-state index in [1.807, 2.05) is 117 Å². The summed E-state index contributed by atoms with van der Waals surface area (Å²) in [5.41, 5.74) is 2.95. The second kappa shape index (κ2) is 12.7. The lowest BCUT2D eigenvalue weighted by molar-refractivity contribution is -0.140. The van der Waals surface area contributed by atoms with Crippen molar-refractivity contribution in [2.45, 2.75) is 19.6 Å². The van der Waals surface area contributed by atoms with Gasteiger partial charge in [0.25, 0.3) is 11.7 Å². The van der Waals surface area contributed by atoms with E-state index in [0.717, 1.165) is 11.1 Å². The lowest BCUT2D eigenvalue weighted by Crippen LogP contribution is -2.35. The molecule has 42 heavy (non-hydrogen) atoms. The van der Waals surface area contributed by atoms with E-state index in [0.29, 0.717) is 48.1 Å². The van der Waals surface area contributed by atoms with Crippen LogP contribution in [0.4, 0.5) is 0 Å². The van der Waals surface area contributed by atoms with Crippen LogP contribution >= 0.6 is 0 Å². The third-order valence-electron chi connectivity index (χ3n) is 7.18. The Balaban J connectivity index is 1.51. The number of benzene rings is 4. The number of likely N-dealkylation sites (N-methyl/N-ethyl adjacent to an activating group) is 1. The Bertz CT molecular complexity index is 1600. The molecule has 4 aromatic carbocycles. The molecule has 1 unspecified atom stereocenters. The second-order valence-electron chi connectivity index (χ2n) is 10.5. The highest BCUT2D eigenvalue weighted by molar-refractivity contribution is 6.46. The number of ether oxygens (including phenoxy) is 2. The summed E-state index contributed by atoms with van der Waals surface area (Å²) in [7, 11) is 3.81. The molecular formula is C35H34N2O5. The van der Waals surface area contributed by atoms with Gasteiger partial charge in [0.15, 0.2) is 0 Å². The number of aliphatic hydroxyl groups is 1. The van der Waals surface area contributed by atoms with Crippen LogP contribution in [0.2, 0.25) is 0 Å². The van der Waals surface area contributed by atoms with Gasteiger partial charge in [-0.2, -0.15) is 0 Å². The molecule has 7 nitrogen and oxygen atoms in total. The number of aliphatic hydroxyl groups excluding tert-OH is 1. The van der Waals surface area contributed by atoms with Gasteiger partial charge in [0.2, 0.25) is 0 Å². The summed E-state index contributed by atoms with van der Waals surface area (Å²) in [4.78, 5) is 30.3. The Hall–Kier alpha value is -4.88. The molecule has 214 valence electrons. The summed E-state index contributed by atoms with van der Waals surface area (Å²) in [6, 6.07) is 31.1. The molecule has 0 radical (unpaired) electrons. The van der Waals surface area contributed by atoms with E-state index in [2.05, 4.69) is 0 Å². The molecule has 0 saturated carbocycles. The number of amides is 1. The first-order valence-electron chi connectivity index (χ1n) is 13.9. The Labute approximate surface area is 246 Å². The minimum Gasteiger partial charge on any atom is -0.507 e. The van der Waals surface area contributed by atoms with Crippen LogP contribution in [0.15, 0.2) is 109 Å². The maximum atomic E-state index is 13.5. The molecule has 1 atom stereocenters. The smallest absolute Gasteiger partial charge is 0.295 e. The number of hydrogen-bond acceptors (Lipinski definition) is 6. The lowest BCUT2D eigenvalue weighted by atomic mass is 9.93. The van der Waals surface area contributed by atoms with Crippen LogP contribution in [0.25, 0.3) is 5.76 Å². The molecule has 1 amide bonds. The van der Waals surface area contributed by atoms with Gasteiger partial charge in [-0.05, 0) is 80.2 Å². The van der Waals surface area contributed by atoms with Crippen LogP contribution in [0.1, 0.15) is 28.3 Å². The molecule has 0 bridgehead atoms. The minimum absolute atomic E-state index is 0.0525. The van der Waals surface area contributed by atoms with Crippen molar-refractivity contribution < 1.29 is 24.2 Å². The molecule has 1 heterocycles. The van der Waals surface area contributed by atoms with Crippen molar-refractivity contribution in [2.24, 2.45) is 0 Å². The number of para-hydroxylation sites is 1. The van der Waals surface area contributed by atoms with Crippen molar-refractivity contribution in [1.29, 1.82) is 0 Å². The summed E-state index contributed by atoms with van der Waals surface area (Å²) in [6.07, 6.45) is 0. The molecule has 4 aromatic rings. The fourth-order valence-electron chi connectivity index (χ4n) is 5.02. The number of nitrogens with zero attached hydrogens (tertiary/aromatic N) is 2. The van der Waals surface area contributed by atoms with E-state index in [-0.39, 0.29) is 11.3 Å². The number of ketones is 1. The standard InChI is InChI=1S/C35H34N2O5/c1-24-21-28(41-23-25-11-6-4-7-12-25)17-18-30(24)33(38)31-32(37(20-19-36(2)3)35(40)34(31)39)26-13-10-16-29(22-26)42-27-14-8-5-9-15-27/h4-18,21-22,32,38H,19-20,23H2,1-3H3. The number of aryl methyl sites for hydroxylation is 1. The highest BCUT2D eigenvalue weighted by atomic mass is 16.5. The van der Waals surface area contributed by atoms with Crippen molar-refractivity contribution in [3.05, 3.63) is 131 Å². The van der Waals surface area contributed by atoms with Crippen LogP contribution in [0, 0.1) is 6.92 Å².